The maximum absolute atomic E-state index is 10.3. The molecule has 0 heterocycles. The van der Waals surface area contributed by atoms with Crippen molar-refractivity contribution in [3.63, 3.8) is 0 Å². The summed E-state index contributed by atoms with van der Waals surface area (Å²) in [5.41, 5.74) is 0. The van der Waals surface area contributed by atoms with Crippen molar-refractivity contribution in [2.75, 3.05) is 0 Å². The summed E-state index contributed by atoms with van der Waals surface area (Å²) < 4.78 is 0. The zero-order chi connectivity index (χ0) is 8.15. The van der Waals surface area contributed by atoms with Crippen molar-refractivity contribution in [1.29, 1.82) is 0 Å². The van der Waals surface area contributed by atoms with Crippen LogP contribution < -0.4 is 0 Å². The summed E-state index contributed by atoms with van der Waals surface area (Å²) in [5.74, 6) is -1.25. The number of carboxylic acids is 1. The summed E-state index contributed by atoms with van der Waals surface area (Å²) >= 11 is 0. The van der Waals surface area contributed by atoms with Crippen LogP contribution in [0.3, 0.4) is 0 Å². The number of hydrogen-bond acceptors (Lipinski definition) is 3. The van der Waals surface area contributed by atoms with E-state index < -0.39 is 12.0 Å². The van der Waals surface area contributed by atoms with Gasteiger partial charge in [0.2, 0.25) is 6.08 Å². The second kappa shape index (κ2) is 3.80. The van der Waals surface area contributed by atoms with E-state index in [1.807, 2.05) is 0 Å². The number of carboxylic acid groups (broad SMARTS) is 1. The molecule has 0 spiro atoms. The van der Waals surface area contributed by atoms with Crippen molar-refractivity contribution in [1.82, 2.24) is 0 Å². The van der Waals surface area contributed by atoms with Crippen LogP contribution in [0.25, 0.3) is 0 Å². The van der Waals surface area contributed by atoms with Crippen LogP contribution in [-0.2, 0) is 9.59 Å². The zero-order valence-electron chi connectivity index (χ0n) is 5.87. The van der Waals surface area contributed by atoms with Gasteiger partial charge in [-0.1, -0.05) is 13.8 Å². The molecule has 4 heteroatoms. The molecule has 10 heavy (non-hydrogen) atoms. The average molecular weight is 143 g/mol. The second-order valence-corrected chi connectivity index (χ2v) is 2.25. The number of rotatable bonds is 3. The molecule has 56 valence electrons. The Kier molecular flexibility index (Phi) is 3.36. The standard InChI is InChI=1S/C6H9NO3/c1-4(2)5(6(9)10)7-3-8/h4-5H,1-2H3,(H,9,10). The van der Waals surface area contributed by atoms with Crippen LogP contribution in [-0.4, -0.2) is 23.2 Å². The Bertz CT molecular complexity index is 168. The number of isocyanates is 1. The maximum atomic E-state index is 10.3. The Morgan fingerprint density at radius 2 is 2.10 bits per heavy atom. The van der Waals surface area contributed by atoms with E-state index in [2.05, 4.69) is 4.99 Å². The molecule has 0 amide bonds. The molecule has 0 radical (unpaired) electrons. The summed E-state index contributed by atoms with van der Waals surface area (Å²) in [5, 5.41) is 8.40. The number of aliphatic imine (C=N–C) groups is 1. The third-order valence-corrected chi connectivity index (χ3v) is 1.08. The van der Waals surface area contributed by atoms with Crippen molar-refractivity contribution in [2.24, 2.45) is 10.9 Å². The molecule has 0 aromatic heterocycles. The van der Waals surface area contributed by atoms with Gasteiger partial charge in [-0.05, 0) is 5.92 Å². The van der Waals surface area contributed by atoms with Gasteiger partial charge in [0.25, 0.3) is 0 Å². The molecule has 0 aliphatic carbocycles. The minimum absolute atomic E-state index is 0.168. The van der Waals surface area contributed by atoms with Gasteiger partial charge >= 0.3 is 5.97 Å². The van der Waals surface area contributed by atoms with Crippen LogP contribution in [0.5, 0.6) is 0 Å². The second-order valence-electron chi connectivity index (χ2n) is 2.25. The van der Waals surface area contributed by atoms with Crippen LogP contribution in [0.2, 0.25) is 0 Å². The first-order chi connectivity index (χ1) is 4.59. The Morgan fingerprint density at radius 1 is 1.60 bits per heavy atom. The number of aliphatic carboxylic acids is 1. The van der Waals surface area contributed by atoms with Gasteiger partial charge in [0.05, 0.1) is 0 Å². The summed E-state index contributed by atoms with van der Waals surface area (Å²) in [7, 11) is 0. The van der Waals surface area contributed by atoms with Gasteiger partial charge < -0.3 is 5.11 Å². The fourth-order valence-corrected chi connectivity index (χ4v) is 0.546. The summed E-state index contributed by atoms with van der Waals surface area (Å²) in [6, 6.07) is -0.947. The highest BCUT2D eigenvalue weighted by Gasteiger charge is 2.19. The fraction of sp³-hybridized carbons (Fsp3) is 0.667. The van der Waals surface area contributed by atoms with Gasteiger partial charge in [-0.3, -0.25) is 0 Å². The van der Waals surface area contributed by atoms with Crippen LogP contribution in [0, 0.1) is 5.92 Å². The lowest BCUT2D eigenvalue weighted by Gasteiger charge is -2.07. The van der Waals surface area contributed by atoms with Gasteiger partial charge in [-0.2, -0.15) is 4.99 Å². The number of carbonyl (C=O) groups is 1. The molecule has 0 aliphatic heterocycles. The predicted molar refractivity (Wildman–Crippen MR) is 34.4 cm³/mol. The van der Waals surface area contributed by atoms with Crippen molar-refractivity contribution in [3.8, 4) is 0 Å². The third-order valence-electron chi connectivity index (χ3n) is 1.08. The molecule has 1 N–H and O–H groups in total. The summed E-state index contributed by atoms with van der Waals surface area (Å²) in [6.07, 6.45) is 1.22. The van der Waals surface area contributed by atoms with Crippen LogP contribution >= 0.6 is 0 Å². The van der Waals surface area contributed by atoms with Gasteiger partial charge in [-0.25, -0.2) is 9.59 Å². The Balaban J connectivity index is 4.26. The molecule has 1 atom stereocenters. The lowest BCUT2D eigenvalue weighted by molar-refractivity contribution is -0.139. The van der Waals surface area contributed by atoms with E-state index >= 15 is 0 Å². The fourth-order valence-electron chi connectivity index (χ4n) is 0.546. The maximum Gasteiger partial charge on any atom is 0.329 e. The molecule has 0 rings (SSSR count). The Hall–Kier alpha value is -1.15. The summed E-state index contributed by atoms with van der Waals surface area (Å²) in [6.45, 7) is 3.36. The molecule has 0 saturated heterocycles. The molecule has 4 nitrogen and oxygen atoms in total. The van der Waals surface area contributed by atoms with E-state index in [0.717, 1.165) is 0 Å². The highest BCUT2D eigenvalue weighted by atomic mass is 16.4. The first-order valence-electron chi connectivity index (χ1n) is 2.89. The molecule has 0 saturated carbocycles. The van der Waals surface area contributed by atoms with E-state index in [4.69, 9.17) is 5.11 Å². The molecule has 0 aromatic carbocycles. The highest BCUT2D eigenvalue weighted by molar-refractivity contribution is 5.74. The first-order valence-corrected chi connectivity index (χ1v) is 2.89. The van der Waals surface area contributed by atoms with Crippen molar-refractivity contribution < 1.29 is 14.7 Å². The summed E-state index contributed by atoms with van der Waals surface area (Å²) in [4.78, 5) is 23.0. The Morgan fingerprint density at radius 3 is 2.20 bits per heavy atom. The smallest absolute Gasteiger partial charge is 0.329 e. The highest BCUT2D eigenvalue weighted by Crippen LogP contribution is 2.04. The van der Waals surface area contributed by atoms with Crippen molar-refractivity contribution in [3.05, 3.63) is 0 Å². The van der Waals surface area contributed by atoms with E-state index in [1.165, 1.54) is 6.08 Å². The van der Waals surface area contributed by atoms with Gasteiger partial charge in [-0.15, -0.1) is 0 Å². The lowest BCUT2D eigenvalue weighted by Crippen LogP contribution is -2.23. The number of hydrogen-bond donors (Lipinski definition) is 1. The topological polar surface area (TPSA) is 66.7 Å². The molecule has 0 fully saturated rings. The Labute approximate surface area is 58.6 Å². The van der Waals surface area contributed by atoms with Crippen LogP contribution in [0.4, 0.5) is 0 Å². The molecule has 0 bridgehead atoms. The zero-order valence-corrected chi connectivity index (χ0v) is 5.87. The lowest BCUT2D eigenvalue weighted by atomic mass is 10.1. The quantitative estimate of drug-likeness (QED) is 0.460. The predicted octanol–water partition coefficient (Wildman–Crippen LogP) is 0.431. The molecular weight excluding hydrogens is 134 g/mol. The van der Waals surface area contributed by atoms with Gasteiger partial charge in [0, 0.05) is 0 Å². The average Bonchev–Trinajstić information content (AvgIpc) is 1.81. The molecular formula is C6H9NO3. The van der Waals surface area contributed by atoms with Crippen LogP contribution in [0.1, 0.15) is 13.8 Å². The minimum atomic E-state index is -1.08. The first kappa shape index (κ1) is 8.85. The number of nitrogens with zero attached hydrogens (tertiary/aromatic N) is 1. The normalized spacial score (nSPS) is 12.3. The minimum Gasteiger partial charge on any atom is -0.480 e. The number of carbonyl (C=O) groups excluding carboxylic acids is 1. The molecule has 1 unspecified atom stereocenters. The molecule has 0 aromatic rings. The monoisotopic (exact) mass is 143 g/mol. The largest absolute Gasteiger partial charge is 0.480 e. The SMILES string of the molecule is CC(C)C(N=C=O)C(=O)O. The van der Waals surface area contributed by atoms with E-state index in [-0.39, 0.29) is 5.92 Å². The van der Waals surface area contributed by atoms with Crippen molar-refractivity contribution in [2.45, 2.75) is 19.9 Å². The van der Waals surface area contributed by atoms with Crippen LogP contribution in [0.15, 0.2) is 4.99 Å². The van der Waals surface area contributed by atoms with Gasteiger partial charge in [0.15, 0.2) is 6.04 Å². The van der Waals surface area contributed by atoms with Crippen molar-refractivity contribution >= 4 is 12.0 Å². The van der Waals surface area contributed by atoms with E-state index in [9.17, 15) is 9.59 Å². The van der Waals surface area contributed by atoms with Gasteiger partial charge in [0.1, 0.15) is 0 Å². The van der Waals surface area contributed by atoms with E-state index in [0.29, 0.717) is 0 Å². The molecule has 0 aliphatic rings. The third kappa shape index (κ3) is 2.42. The van der Waals surface area contributed by atoms with E-state index in [1.54, 1.807) is 13.8 Å².